The molecule has 134 valence electrons. The summed E-state index contributed by atoms with van der Waals surface area (Å²) in [6.45, 7) is 3.75. The van der Waals surface area contributed by atoms with Gasteiger partial charge in [-0.25, -0.2) is 9.67 Å². The number of rotatable bonds is 4. The largest absolute Gasteiger partial charge is 0.378 e. The minimum atomic E-state index is -0.346. The van der Waals surface area contributed by atoms with Crippen LogP contribution in [0, 0.1) is 13.8 Å². The Kier molecular flexibility index (Phi) is 4.95. The van der Waals surface area contributed by atoms with E-state index in [0.29, 0.717) is 10.8 Å². The highest BCUT2D eigenvalue weighted by Gasteiger charge is 2.16. The maximum atomic E-state index is 12.6. The summed E-state index contributed by atoms with van der Waals surface area (Å²) in [4.78, 5) is 18.8. The van der Waals surface area contributed by atoms with Gasteiger partial charge in [0.25, 0.3) is 5.91 Å². The first kappa shape index (κ1) is 17.9. The summed E-state index contributed by atoms with van der Waals surface area (Å²) < 4.78 is 1.62. The lowest BCUT2D eigenvalue weighted by Gasteiger charge is -2.15. The van der Waals surface area contributed by atoms with Gasteiger partial charge in [-0.05, 0) is 61.9 Å². The number of nitrogens with zero attached hydrogens (tertiary/aromatic N) is 4. The van der Waals surface area contributed by atoms with Gasteiger partial charge in [0.2, 0.25) is 5.82 Å². The fourth-order valence-electron chi connectivity index (χ4n) is 2.56. The molecule has 1 amide bonds. The third kappa shape index (κ3) is 3.70. The molecule has 2 aromatic carbocycles. The molecule has 0 fully saturated rings. The molecule has 3 rings (SSSR count). The van der Waals surface area contributed by atoms with E-state index in [-0.39, 0.29) is 11.7 Å². The van der Waals surface area contributed by atoms with Crippen LogP contribution in [0.5, 0.6) is 0 Å². The van der Waals surface area contributed by atoms with E-state index in [1.807, 2.05) is 56.3 Å². The first-order chi connectivity index (χ1) is 12.3. The van der Waals surface area contributed by atoms with Gasteiger partial charge in [0.1, 0.15) is 5.82 Å². The molecular weight excluding hydrogens is 350 g/mol. The molecule has 6 nitrogen and oxygen atoms in total. The van der Waals surface area contributed by atoms with E-state index < -0.39 is 0 Å². The Morgan fingerprint density at radius 3 is 2.42 bits per heavy atom. The number of halogens is 1. The number of aryl methyl sites for hydroxylation is 2. The molecule has 0 spiro atoms. The zero-order valence-corrected chi connectivity index (χ0v) is 15.9. The summed E-state index contributed by atoms with van der Waals surface area (Å²) >= 11 is 5.92. The normalized spacial score (nSPS) is 10.7. The van der Waals surface area contributed by atoms with Crippen molar-refractivity contribution in [3.05, 3.63) is 64.7 Å². The molecule has 0 radical (unpaired) electrons. The van der Waals surface area contributed by atoms with E-state index in [1.54, 1.807) is 23.7 Å². The van der Waals surface area contributed by atoms with Crippen molar-refractivity contribution in [3.63, 3.8) is 0 Å². The first-order valence-corrected chi connectivity index (χ1v) is 8.52. The lowest BCUT2D eigenvalue weighted by Crippen LogP contribution is -2.15. The third-order valence-electron chi connectivity index (χ3n) is 4.02. The van der Waals surface area contributed by atoms with Gasteiger partial charge < -0.3 is 10.2 Å². The summed E-state index contributed by atoms with van der Waals surface area (Å²) in [6.07, 6.45) is 0. The number of nitrogens with one attached hydrogen (secondary N) is 1. The van der Waals surface area contributed by atoms with Crippen LogP contribution in [-0.4, -0.2) is 34.8 Å². The Morgan fingerprint density at radius 1 is 1.12 bits per heavy atom. The van der Waals surface area contributed by atoms with Crippen molar-refractivity contribution in [2.45, 2.75) is 13.8 Å². The SMILES string of the molecule is Cc1cc(N(C)C)ccc1NC(=O)c1nc(C)n(-c2ccc(Cl)cc2)n1. The van der Waals surface area contributed by atoms with Gasteiger partial charge in [0.15, 0.2) is 0 Å². The number of carbonyl (C=O) groups is 1. The summed E-state index contributed by atoms with van der Waals surface area (Å²) in [7, 11) is 3.95. The monoisotopic (exact) mass is 369 g/mol. The molecule has 1 heterocycles. The zero-order valence-electron chi connectivity index (χ0n) is 15.1. The van der Waals surface area contributed by atoms with Crippen LogP contribution in [0.3, 0.4) is 0 Å². The number of benzene rings is 2. The summed E-state index contributed by atoms with van der Waals surface area (Å²) in [6, 6.07) is 13.0. The van der Waals surface area contributed by atoms with Crippen LogP contribution in [0.25, 0.3) is 5.69 Å². The van der Waals surface area contributed by atoms with Gasteiger partial charge in [-0.1, -0.05) is 11.6 Å². The van der Waals surface area contributed by atoms with Crippen LogP contribution >= 0.6 is 11.6 Å². The molecule has 0 aliphatic carbocycles. The van der Waals surface area contributed by atoms with E-state index in [2.05, 4.69) is 15.4 Å². The van der Waals surface area contributed by atoms with Gasteiger partial charge in [0.05, 0.1) is 5.69 Å². The average Bonchev–Trinajstić information content (AvgIpc) is 2.99. The maximum absolute atomic E-state index is 12.6. The maximum Gasteiger partial charge on any atom is 0.295 e. The summed E-state index contributed by atoms with van der Waals surface area (Å²) in [5.74, 6) is 0.396. The van der Waals surface area contributed by atoms with E-state index in [9.17, 15) is 4.79 Å². The third-order valence-corrected chi connectivity index (χ3v) is 4.27. The van der Waals surface area contributed by atoms with Crippen molar-refractivity contribution in [1.82, 2.24) is 14.8 Å². The molecule has 0 saturated carbocycles. The molecular formula is C19H20ClN5O. The van der Waals surface area contributed by atoms with Gasteiger partial charge in [-0.2, -0.15) is 0 Å². The zero-order chi connectivity index (χ0) is 18.8. The molecule has 0 atom stereocenters. The molecule has 0 unspecified atom stereocenters. The second kappa shape index (κ2) is 7.17. The number of amides is 1. The van der Waals surface area contributed by atoms with Crippen molar-refractivity contribution in [3.8, 4) is 5.69 Å². The molecule has 1 N–H and O–H groups in total. The summed E-state index contributed by atoms with van der Waals surface area (Å²) in [5.41, 5.74) is 3.57. The quantitative estimate of drug-likeness (QED) is 0.758. The van der Waals surface area contributed by atoms with Crippen molar-refractivity contribution in [2.75, 3.05) is 24.3 Å². The van der Waals surface area contributed by atoms with Gasteiger partial charge in [0, 0.05) is 30.5 Å². The highest BCUT2D eigenvalue weighted by atomic mass is 35.5. The fourth-order valence-corrected chi connectivity index (χ4v) is 2.68. The lowest BCUT2D eigenvalue weighted by molar-refractivity contribution is 0.101. The Morgan fingerprint density at radius 2 is 1.81 bits per heavy atom. The van der Waals surface area contributed by atoms with Crippen molar-refractivity contribution in [2.24, 2.45) is 0 Å². The van der Waals surface area contributed by atoms with Crippen LogP contribution in [0.1, 0.15) is 22.0 Å². The number of aromatic nitrogens is 3. The van der Waals surface area contributed by atoms with Crippen molar-refractivity contribution < 1.29 is 4.79 Å². The van der Waals surface area contributed by atoms with Crippen LogP contribution in [0.4, 0.5) is 11.4 Å². The average molecular weight is 370 g/mol. The smallest absolute Gasteiger partial charge is 0.295 e. The lowest BCUT2D eigenvalue weighted by atomic mass is 10.1. The molecule has 0 saturated heterocycles. The Labute approximate surface area is 157 Å². The minimum absolute atomic E-state index is 0.119. The van der Waals surface area contributed by atoms with Gasteiger partial charge >= 0.3 is 0 Å². The first-order valence-electron chi connectivity index (χ1n) is 8.14. The molecule has 26 heavy (non-hydrogen) atoms. The Balaban J connectivity index is 1.83. The summed E-state index contributed by atoms with van der Waals surface area (Å²) in [5, 5.41) is 7.84. The number of hydrogen-bond acceptors (Lipinski definition) is 4. The standard InChI is InChI=1S/C19H20ClN5O/c1-12-11-16(24(3)4)9-10-17(12)22-19(26)18-21-13(2)25(23-18)15-7-5-14(20)6-8-15/h5-11H,1-4H3,(H,22,26). The number of carbonyl (C=O) groups excluding carboxylic acids is 1. The molecule has 0 bridgehead atoms. The number of anilines is 2. The van der Waals surface area contributed by atoms with Crippen LogP contribution in [0.15, 0.2) is 42.5 Å². The van der Waals surface area contributed by atoms with Crippen molar-refractivity contribution >= 4 is 28.9 Å². The highest BCUT2D eigenvalue weighted by molar-refractivity contribution is 6.30. The molecule has 0 aliphatic rings. The second-order valence-corrected chi connectivity index (χ2v) is 6.66. The van der Waals surface area contributed by atoms with Crippen LogP contribution in [0.2, 0.25) is 5.02 Å². The van der Waals surface area contributed by atoms with Gasteiger partial charge in [-0.3, -0.25) is 4.79 Å². The predicted molar refractivity (Wildman–Crippen MR) is 105 cm³/mol. The van der Waals surface area contributed by atoms with Crippen LogP contribution in [-0.2, 0) is 0 Å². The minimum Gasteiger partial charge on any atom is -0.378 e. The van der Waals surface area contributed by atoms with Gasteiger partial charge in [-0.15, -0.1) is 5.10 Å². The Bertz CT molecular complexity index is 947. The second-order valence-electron chi connectivity index (χ2n) is 6.22. The Hall–Kier alpha value is -2.86. The topological polar surface area (TPSA) is 63.1 Å². The fraction of sp³-hybridized carbons (Fsp3) is 0.211. The van der Waals surface area contributed by atoms with Crippen molar-refractivity contribution in [1.29, 1.82) is 0 Å². The highest BCUT2D eigenvalue weighted by Crippen LogP contribution is 2.22. The van der Waals surface area contributed by atoms with E-state index in [4.69, 9.17) is 11.6 Å². The molecule has 1 aromatic heterocycles. The van der Waals surface area contributed by atoms with Crippen LogP contribution < -0.4 is 10.2 Å². The molecule has 0 aliphatic heterocycles. The van der Waals surface area contributed by atoms with E-state index in [1.165, 1.54) is 0 Å². The molecule has 3 aromatic rings. The predicted octanol–water partition coefficient (Wildman–Crippen LogP) is 3.86. The van der Waals surface area contributed by atoms with E-state index in [0.717, 1.165) is 22.6 Å². The molecule has 7 heteroatoms. The van der Waals surface area contributed by atoms with E-state index >= 15 is 0 Å². The number of hydrogen-bond donors (Lipinski definition) is 1.